The number of benzene rings is 1. The first-order valence-corrected chi connectivity index (χ1v) is 5.70. The number of hydrogen-bond acceptors (Lipinski definition) is 3. The second-order valence-electron chi connectivity index (χ2n) is 3.96. The van der Waals surface area contributed by atoms with Gasteiger partial charge in [0, 0.05) is 17.0 Å². The number of fused-ring (bicyclic) bond motifs is 1. The number of nitrogens with two attached hydrogens (primary N) is 1. The topological polar surface area (TPSA) is 51.2 Å². The SMILES string of the molecule is CNC(CCCN)c1coc2ccccc12. The molecule has 1 aromatic carbocycles. The zero-order valence-corrected chi connectivity index (χ0v) is 9.57. The van der Waals surface area contributed by atoms with Gasteiger partial charge in [-0.1, -0.05) is 18.2 Å². The summed E-state index contributed by atoms with van der Waals surface area (Å²) in [4.78, 5) is 0. The summed E-state index contributed by atoms with van der Waals surface area (Å²) in [6, 6.07) is 8.45. The first-order valence-electron chi connectivity index (χ1n) is 5.70. The lowest BCUT2D eigenvalue weighted by molar-refractivity contribution is 0.520. The van der Waals surface area contributed by atoms with Gasteiger partial charge >= 0.3 is 0 Å². The van der Waals surface area contributed by atoms with Crippen LogP contribution in [0.3, 0.4) is 0 Å². The number of rotatable bonds is 5. The van der Waals surface area contributed by atoms with Crippen molar-refractivity contribution in [2.24, 2.45) is 5.73 Å². The summed E-state index contributed by atoms with van der Waals surface area (Å²) in [7, 11) is 1.98. The van der Waals surface area contributed by atoms with Crippen LogP contribution in [0.5, 0.6) is 0 Å². The van der Waals surface area contributed by atoms with E-state index in [-0.39, 0.29) is 0 Å². The predicted octanol–water partition coefficient (Wildman–Crippen LogP) is 2.43. The minimum Gasteiger partial charge on any atom is -0.464 e. The van der Waals surface area contributed by atoms with Gasteiger partial charge in [0.25, 0.3) is 0 Å². The lowest BCUT2D eigenvalue weighted by Crippen LogP contribution is -2.17. The van der Waals surface area contributed by atoms with Crippen molar-refractivity contribution in [2.75, 3.05) is 13.6 Å². The Labute approximate surface area is 95.6 Å². The van der Waals surface area contributed by atoms with Crippen LogP contribution in [-0.2, 0) is 0 Å². The molecule has 1 atom stereocenters. The van der Waals surface area contributed by atoms with Crippen LogP contribution in [0.15, 0.2) is 34.9 Å². The van der Waals surface area contributed by atoms with Crippen LogP contribution in [0.4, 0.5) is 0 Å². The molecule has 2 aromatic rings. The van der Waals surface area contributed by atoms with E-state index in [0.29, 0.717) is 6.04 Å². The smallest absolute Gasteiger partial charge is 0.134 e. The molecule has 0 bridgehead atoms. The minimum absolute atomic E-state index is 0.326. The molecular formula is C13H18N2O. The van der Waals surface area contributed by atoms with Gasteiger partial charge in [-0.3, -0.25) is 0 Å². The molecule has 0 saturated heterocycles. The van der Waals surface area contributed by atoms with Gasteiger partial charge in [0.15, 0.2) is 0 Å². The highest BCUT2D eigenvalue weighted by molar-refractivity contribution is 5.81. The fourth-order valence-corrected chi connectivity index (χ4v) is 2.05. The van der Waals surface area contributed by atoms with Crippen LogP contribution in [-0.4, -0.2) is 13.6 Å². The lowest BCUT2D eigenvalue weighted by Gasteiger charge is -2.14. The molecule has 2 rings (SSSR count). The fraction of sp³-hybridized carbons (Fsp3) is 0.385. The molecule has 1 heterocycles. The summed E-state index contributed by atoms with van der Waals surface area (Å²) in [6.07, 6.45) is 3.91. The van der Waals surface area contributed by atoms with E-state index in [1.807, 2.05) is 31.5 Å². The molecule has 86 valence electrons. The maximum absolute atomic E-state index is 5.55. The summed E-state index contributed by atoms with van der Waals surface area (Å²) in [6.45, 7) is 0.730. The third kappa shape index (κ3) is 2.10. The summed E-state index contributed by atoms with van der Waals surface area (Å²) in [5, 5.41) is 4.51. The second-order valence-corrected chi connectivity index (χ2v) is 3.96. The Morgan fingerprint density at radius 1 is 1.38 bits per heavy atom. The van der Waals surface area contributed by atoms with Crippen LogP contribution in [0.2, 0.25) is 0 Å². The summed E-state index contributed by atoms with van der Waals surface area (Å²) >= 11 is 0. The van der Waals surface area contributed by atoms with Crippen LogP contribution in [0.25, 0.3) is 11.0 Å². The number of hydrogen-bond donors (Lipinski definition) is 2. The predicted molar refractivity (Wildman–Crippen MR) is 66.3 cm³/mol. The van der Waals surface area contributed by atoms with Gasteiger partial charge in [-0.15, -0.1) is 0 Å². The molecule has 0 radical (unpaired) electrons. The molecule has 0 amide bonds. The van der Waals surface area contributed by atoms with Crippen molar-refractivity contribution in [3.63, 3.8) is 0 Å². The molecule has 0 aliphatic heterocycles. The molecule has 16 heavy (non-hydrogen) atoms. The molecule has 0 aliphatic rings. The normalized spacial score (nSPS) is 13.1. The summed E-state index contributed by atoms with van der Waals surface area (Å²) in [5.41, 5.74) is 7.72. The highest BCUT2D eigenvalue weighted by atomic mass is 16.3. The second kappa shape index (κ2) is 5.14. The Morgan fingerprint density at radius 2 is 2.19 bits per heavy atom. The molecule has 3 N–H and O–H groups in total. The van der Waals surface area contributed by atoms with Crippen molar-refractivity contribution in [3.05, 3.63) is 36.1 Å². The van der Waals surface area contributed by atoms with E-state index in [9.17, 15) is 0 Å². The van der Waals surface area contributed by atoms with Gasteiger partial charge in [0.1, 0.15) is 5.58 Å². The van der Waals surface area contributed by atoms with Gasteiger partial charge in [-0.2, -0.15) is 0 Å². The first kappa shape index (κ1) is 11.2. The third-order valence-electron chi connectivity index (χ3n) is 2.93. The van der Waals surface area contributed by atoms with Gasteiger partial charge in [-0.05, 0) is 32.5 Å². The van der Waals surface area contributed by atoms with E-state index >= 15 is 0 Å². The molecular weight excluding hydrogens is 200 g/mol. The summed E-state index contributed by atoms with van der Waals surface area (Å²) in [5.74, 6) is 0. The minimum atomic E-state index is 0.326. The van der Waals surface area contributed by atoms with Gasteiger partial charge < -0.3 is 15.5 Å². The zero-order valence-electron chi connectivity index (χ0n) is 9.57. The molecule has 0 saturated carbocycles. The van der Waals surface area contributed by atoms with Crippen LogP contribution in [0.1, 0.15) is 24.4 Å². The van der Waals surface area contributed by atoms with E-state index in [1.165, 1.54) is 10.9 Å². The Kier molecular flexibility index (Phi) is 3.59. The average Bonchev–Trinajstić information content (AvgIpc) is 2.75. The van der Waals surface area contributed by atoms with E-state index in [1.54, 1.807) is 0 Å². The highest BCUT2D eigenvalue weighted by Crippen LogP contribution is 2.28. The lowest BCUT2D eigenvalue weighted by atomic mass is 10.0. The van der Waals surface area contributed by atoms with E-state index < -0.39 is 0 Å². The van der Waals surface area contributed by atoms with Crippen molar-refractivity contribution < 1.29 is 4.42 Å². The van der Waals surface area contributed by atoms with E-state index in [2.05, 4.69) is 11.4 Å². The molecule has 0 spiro atoms. The molecule has 1 aromatic heterocycles. The highest BCUT2D eigenvalue weighted by Gasteiger charge is 2.14. The summed E-state index contributed by atoms with van der Waals surface area (Å²) < 4.78 is 5.54. The van der Waals surface area contributed by atoms with Crippen molar-refractivity contribution >= 4 is 11.0 Å². The number of nitrogens with one attached hydrogen (secondary N) is 1. The van der Waals surface area contributed by atoms with E-state index in [0.717, 1.165) is 25.0 Å². The van der Waals surface area contributed by atoms with Gasteiger partial charge in [0.05, 0.1) is 6.26 Å². The maximum Gasteiger partial charge on any atom is 0.134 e. The Bertz CT molecular complexity index is 450. The third-order valence-corrected chi connectivity index (χ3v) is 2.93. The Balaban J connectivity index is 2.30. The Hall–Kier alpha value is -1.32. The van der Waals surface area contributed by atoms with E-state index in [4.69, 9.17) is 10.2 Å². The monoisotopic (exact) mass is 218 g/mol. The van der Waals surface area contributed by atoms with Crippen molar-refractivity contribution in [1.82, 2.24) is 5.32 Å². The molecule has 0 fully saturated rings. The maximum atomic E-state index is 5.55. The average molecular weight is 218 g/mol. The molecule has 1 unspecified atom stereocenters. The van der Waals surface area contributed by atoms with Crippen molar-refractivity contribution in [1.29, 1.82) is 0 Å². The largest absolute Gasteiger partial charge is 0.464 e. The standard InChI is InChI=1S/C13H18N2O/c1-15-12(6-4-8-14)11-9-16-13-7-3-2-5-10(11)13/h2-3,5,7,9,12,15H,4,6,8,14H2,1H3. The van der Waals surface area contributed by atoms with Crippen LogP contribution < -0.4 is 11.1 Å². The quantitative estimate of drug-likeness (QED) is 0.810. The zero-order chi connectivity index (χ0) is 11.4. The van der Waals surface area contributed by atoms with Gasteiger partial charge in [0.2, 0.25) is 0 Å². The van der Waals surface area contributed by atoms with Crippen molar-refractivity contribution in [2.45, 2.75) is 18.9 Å². The Morgan fingerprint density at radius 3 is 2.94 bits per heavy atom. The van der Waals surface area contributed by atoms with Crippen LogP contribution >= 0.6 is 0 Å². The van der Waals surface area contributed by atoms with Gasteiger partial charge in [-0.25, -0.2) is 0 Å². The molecule has 0 aliphatic carbocycles. The first-order chi connectivity index (χ1) is 7.86. The van der Waals surface area contributed by atoms with Crippen LogP contribution in [0, 0.1) is 0 Å². The van der Waals surface area contributed by atoms with Crippen molar-refractivity contribution in [3.8, 4) is 0 Å². The fourth-order valence-electron chi connectivity index (χ4n) is 2.05. The number of para-hydroxylation sites is 1. The number of furan rings is 1. The molecule has 3 heteroatoms. The molecule has 3 nitrogen and oxygen atoms in total.